The number of fused-ring (bicyclic) bond motifs is 12. The van der Waals surface area contributed by atoms with Crippen molar-refractivity contribution in [1.82, 2.24) is 19.9 Å². The van der Waals surface area contributed by atoms with Crippen molar-refractivity contribution in [3.05, 3.63) is 118 Å². The Morgan fingerprint density at radius 2 is 0.571 bits per heavy atom. The zero-order valence-corrected chi connectivity index (χ0v) is 30.7. The molecular formula is C44H36N4Zn. The number of hydrogen-bond acceptors (Lipinski definition) is 2. The van der Waals surface area contributed by atoms with Gasteiger partial charge in [0, 0.05) is 47.3 Å². The standard InChI is InChI=1S/C44H36N4.Zn/c1-2-22-4-3-21(1)37-29-17-31-39-23-5-7-25(8-6-23)41(39)33(46-31)19-35-43-27-13-15-28(16-14-27)44(43)36(48-35)20-34-42-26-11-9-24(10-12-26)40(42)32(47-34)18-30(45-29)38(22)37;/h1-2,5,7,9,11,13,15,17-28H,3-4,6,8,10,12,14,16H2;/q-2;+2/t21-,22+,23+,24-,25-,26+,27+,28-;. The van der Waals surface area contributed by atoms with Gasteiger partial charge in [-0.1, -0.05) is 95.1 Å². The summed E-state index contributed by atoms with van der Waals surface area (Å²) in [5.74, 6) is 3.50. The van der Waals surface area contributed by atoms with Crippen LogP contribution in [0, 0.1) is 23.7 Å². The summed E-state index contributed by atoms with van der Waals surface area (Å²) in [4.78, 5) is 22.2. The van der Waals surface area contributed by atoms with E-state index in [-0.39, 0.29) is 19.5 Å². The van der Waals surface area contributed by atoms with E-state index < -0.39 is 0 Å². The Morgan fingerprint density at radius 1 is 0.347 bits per heavy atom. The zero-order chi connectivity index (χ0) is 30.8. The molecule has 0 saturated carbocycles. The van der Waals surface area contributed by atoms with Crippen molar-refractivity contribution in [1.29, 1.82) is 0 Å². The van der Waals surface area contributed by atoms with Crippen LogP contribution in [0.3, 0.4) is 0 Å². The third-order valence-corrected chi connectivity index (χ3v) is 13.8. The van der Waals surface area contributed by atoms with Crippen molar-refractivity contribution >= 4 is 44.4 Å². The van der Waals surface area contributed by atoms with E-state index in [0.29, 0.717) is 47.3 Å². The molecule has 0 saturated heterocycles. The predicted molar refractivity (Wildman–Crippen MR) is 191 cm³/mol. The molecule has 3 aromatic heterocycles. The van der Waals surface area contributed by atoms with Gasteiger partial charge < -0.3 is 9.97 Å². The van der Waals surface area contributed by atoms with E-state index in [1.54, 1.807) is 0 Å². The van der Waals surface area contributed by atoms with Gasteiger partial charge in [-0.25, -0.2) is 9.97 Å². The third-order valence-electron chi connectivity index (χ3n) is 13.8. The molecule has 5 heteroatoms. The molecule has 5 heterocycles. The van der Waals surface area contributed by atoms with Crippen LogP contribution in [0.4, 0.5) is 0 Å². The van der Waals surface area contributed by atoms with Gasteiger partial charge in [0.15, 0.2) is 0 Å². The quantitative estimate of drug-likeness (QED) is 0.175. The minimum Gasteiger partial charge on any atom is -0.657 e. The first-order valence-corrected chi connectivity index (χ1v) is 18.7. The van der Waals surface area contributed by atoms with Crippen molar-refractivity contribution in [3.8, 4) is 0 Å². The van der Waals surface area contributed by atoms with Gasteiger partial charge in [-0.15, -0.1) is 22.1 Å². The fraction of sp³-hybridized carbons (Fsp3) is 0.364. The Bertz CT molecular complexity index is 2100. The van der Waals surface area contributed by atoms with Crippen LogP contribution in [-0.4, -0.2) is 9.97 Å². The maximum absolute atomic E-state index is 5.55. The Hall–Kier alpha value is -3.82. The minimum atomic E-state index is 0. The van der Waals surface area contributed by atoms with E-state index in [1.165, 1.54) is 95.9 Å². The number of nitrogens with zero attached hydrogens (tertiary/aromatic N) is 4. The fourth-order valence-corrected chi connectivity index (χ4v) is 11.8. The van der Waals surface area contributed by atoms with Crippen LogP contribution in [0.25, 0.3) is 44.4 Å². The first-order valence-electron chi connectivity index (χ1n) is 18.7. The average molecular weight is 686 g/mol. The maximum atomic E-state index is 5.55. The largest absolute Gasteiger partial charge is 2.00 e. The van der Waals surface area contributed by atoms with E-state index >= 15 is 0 Å². The molecule has 49 heavy (non-hydrogen) atoms. The second kappa shape index (κ2) is 9.70. The molecule has 0 unspecified atom stereocenters. The molecule has 3 aromatic rings. The van der Waals surface area contributed by atoms with E-state index in [0.717, 1.165) is 44.8 Å². The number of hydrogen-bond donors (Lipinski definition) is 0. The molecule has 4 nitrogen and oxygen atoms in total. The fourth-order valence-electron chi connectivity index (χ4n) is 11.8. The molecular weight excluding hydrogens is 650 g/mol. The average Bonchev–Trinajstić information content (AvgIpc) is 3.92. The van der Waals surface area contributed by atoms with Gasteiger partial charge >= 0.3 is 19.5 Å². The van der Waals surface area contributed by atoms with Gasteiger partial charge in [0.2, 0.25) is 0 Å². The SMILES string of the molecule is C1=C[C@H]2CC[C@@H]1C1=C2c2cc3[n-]c(cc4nc(cc5[n-]c(cc1n2)c1c5[C@@H]2C=C[C@H]1CC2)C1=C4[C@@H]2C=C[C@H]1CC2)c1c3[C@@H]2C=C[C@H]1CC2.[Zn+2]. The smallest absolute Gasteiger partial charge is 0.657 e. The molecule has 234 valence electrons. The monoisotopic (exact) mass is 684 g/mol. The van der Waals surface area contributed by atoms with Crippen LogP contribution >= 0.6 is 0 Å². The van der Waals surface area contributed by atoms with Crippen LogP contribution < -0.4 is 9.97 Å². The van der Waals surface area contributed by atoms with Gasteiger partial charge in [-0.3, -0.25) is 0 Å². The molecule has 0 spiro atoms. The van der Waals surface area contributed by atoms with E-state index in [1.807, 2.05) is 0 Å². The molecule has 8 atom stereocenters. The van der Waals surface area contributed by atoms with Gasteiger partial charge in [0.1, 0.15) is 0 Å². The molecule has 0 fully saturated rings. The van der Waals surface area contributed by atoms with Gasteiger partial charge in [0.25, 0.3) is 0 Å². The number of aromatic nitrogens is 4. The van der Waals surface area contributed by atoms with Crippen molar-refractivity contribution < 1.29 is 19.5 Å². The van der Waals surface area contributed by atoms with Crippen LogP contribution in [0.1, 0.15) is 120 Å². The molecule has 0 radical (unpaired) electrons. The van der Waals surface area contributed by atoms with Crippen LogP contribution in [-0.2, 0) is 19.5 Å². The molecule has 17 rings (SSSR count). The van der Waals surface area contributed by atoms with Crippen molar-refractivity contribution in [2.45, 2.75) is 75.0 Å². The number of rotatable bonds is 0. The molecule has 12 aliphatic carbocycles. The summed E-state index contributed by atoms with van der Waals surface area (Å²) in [6, 6.07) is 9.51. The summed E-state index contributed by atoms with van der Waals surface area (Å²) >= 11 is 0. The zero-order valence-electron chi connectivity index (χ0n) is 27.7. The summed E-state index contributed by atoms with van der Waals surface area (Å²) in [5.41, 5.74) is 20.8. The Morgan fingerprint density at radius 3 is 0.796 bits per heavy atom. The maximum Gasteiger partial charge on any atom is 2.00 e. The molecule has 2 aliphatic heterocycles. The normalized spacial score (nSPS) is 32.8. The Balaban J connectivity index is 0.00000277. The molecule has 0 amide bonds. The van der Waals surface area contributed by atoms with Gasteiger partial charge in [0.05, 0.1) is 22.8 Å². The third kappa shape index (κ3) is 3.58. The van der Waals surface area contributed by atoms with Gasteiger partial charge in [-0.2, -0.15) is 0 Å². The summed E-state index contributed by atoms with van der Waals surface area (Å²) in [6.45, 7) is 0. The molecule has 0 aromatic carbocycles. The van der Waals surface area contributed by atoms with E-state index in [2.05, 4.69) is 72.9 Å². The van der Waals surface area contributed by atoms with Crippen molar-refractivity contribution in [2.24, 2.45) is 23.7 Å². The minimum absolute atomic E-state index is 0. The van der Waals surface area contributed by atoms with E-state index in [9.17, 15) is 0 Å². The molecule has 16 bridgehead atoms. The summed E-state index contributed by atoms with van der Waals surface area (Å²) in [6.07, 6.45) is 29.4. The second-order valence-corrected chi connectivity index (χ2v) is 16.1. The van der Waals surface area contributed by atoms with Crippen molar-refractivity contribution in [3.63, 3.8) is 0 Å². The van der Waals surface area contributed by atoms with Gasteiger partial charge in [-0.05, 0) is 73.7 Å². The number of allylic oxidation sites excluding steroid dienone is 12. The topological polar surface area (TPSA) is 54.0 Å². The summed E-state index contributed by atoms with van der Waals surface area (Å²) < 4.78 is 0. The Labute approximate surface area is 299 Å². The van der Waals surface area contributed by atoms with E-state index in [4.69, 9.17) is 19.9 Å². The van der Waals surface area contributed by atoms with Crippen molar-refractivity contribution in [2.75, 3.05) is 0 Å². The summed E-state index contributed by atoms with van der Waals surface area (Å²) in [5, 5.41) is 0. The summed E-state index contributed by atoms with van der Waals surface area (Å²) in [7, 11) is 0. The second-order valence-electron chi connectivity index (χ2n) is 16.1. The predicted octanol–water partition coefficient (Wildman–Crippen LogP) is 9.65. The van der Waals surface area contributed by atoms with Crippen LogP contribution in [0.15, 0.2) is 72.9 Å². The first kappa shape index (κ1) is 27.9. The molecule has 14 aliphatic rings. The van der Waals surface area contributed by atoms with Crippen LogP contribution in [0.2, 0.25) is 0 Å². The van der Waals surface area contributed by atoms with Crippen LogP contribution in [0.5, 0.6) is 0 Å². The molecule has 0 N–H and O–H groups in total. The first-order chi connectivity index (χ1) is 23.7. The Kier molecular flexibility index (Phi) is 5.53.